The second-order valence-corrected chi connectivity index (χ2v) is 7.45. The van der Waals surface area contributed by atoms with E-state index in [1.165, 1.54) is 0 Å². The number of rotatable bonds is 10. The fourth-order valence-corrected chi connectivity index (χ4v) is 3.70. The standard InChI is InChI=1S/C22H31N7O4/c1-23-29-9-6-24-20(28-8-4-5-16(14-28)22(31)25-7-10-30)21(29)27-15-26-17-11-18(32-2)13-19(12-17)33-3/h6,9,11-13,16,26,30H,1,4-5,7-8,10,14-15H2,2-3H3,(H,25,31). The van der Waals surface area contributed by atoms with Gasteiger partial charge in [0.2, 0.25) is 5.91 Å². The number of carbonyl (C=O) groups excluding carboxylic acids is 1. The first-order chi connectivity index (χ1) is 16.1. The summed E-state index contributed by atoms with van der Waals surface area (Å²) in [5.74, 6) is 1.72. The monoisotopic (exact) mass is 457 g/mol. The van der Waals surface area contributed by atoms with Crippen molar-refractivity contribution >= 4 is 24.1 Å². The molecule has 1 unspecified atom stereocenters. The Kier molecular flexibility index (Phi) is 8.64. The summed E-state index contributed by atoms with van der Waals surface area (Å²) < 4.78 is 12.2. The third-order valence-corrected chi connectivity index (χ3v) is 5.34. The lowest BCUT2D eigenvalue weighted by Gasteiger charge is -2.32. The van der Waals surface area contributed by atoms with Gasteiger partial charge in [-0.1, -0.05) is 0 Å². The minimum absolute atomic E-state index is 0.0634. The molecule has 0 radical (unpaired) electrons. The Morgan fingerprint density at radius 2 is 2.06 bits per heavy atom. The quantitative estimate of drug-likeness (QED) is 0.448. The van der Waals surface area contributed by atoms with Crippen molar-refractivity contribution in [2.24, 2.45) is 16.0 Å². The Hall–Kier alpha value is -3.60. The lowest BCUT2D eigenvalue weighted by molar-refractivity contribution is -0.125. The molecule has 0 spiro atoms. The summed E-state index contributed by atoms with van der Waals surface area (Å²) in [5, 5.41) is 19.0. The summed E-state index contributed by atoms with van der Waals surface area (Å²) in [6.07, 6.45) is 4.95. The van der Waals surface area contributed by atoms with Gasteiger partial charge < -0.3 is 30.1 Å². The van der Waals surface area contributed by atoms with E-state index in [9.17, 15) is 4.79 Å². The largest absolute Gasteiger partial charge is 0.497 e. The predicted octanol–water partition coefficient (Wildman–Crippen LogP) is 0.659. The highest BCUT2D eigenvalue weighted by Crippen LogP contribution is 2.25. The molecule has 1 aromatic carbocycles. The Balaban J connectivity index is 1.82. The van der Waals surface area contributed by atoms with Gasteiger partial charge in [-0.15, -0.1) is 0 Å². The first-order valence-electron chi connectivity index (χ1n) is 10.7. The van der Waals surface area contributed by atoms with E-state index < -0.39 is 0 Å². The second-order valence-electron chi connectivity index (χ2n) is 7.45. The average Bonchev–Trinajstić information content (AvgIpc) is 2.87. The lowest BCUT2D eigenvalue weighted by atomic mass is 9.97. The molecule has 1 fully saturated rings. The van der Waals surface area contributed by atoms with E-state index in [4.69, 9.17) is 14.6 Å². The highest BCUT2D eigenvalue weighted by molar-refractivity contribution is 5.79. The predicted molar refractivity (Wildman–Crippen MR) is 126 cm³/mol. The molecule has 0 bridgehead atoms. The molecule has 1 atom stereocenters. The zero-order valence-corrected chi connectivity index (χ0v) is 19.0. The number of methoxy groups -OCH3 is 2. The van der Waals surface area contributed by atoms with Gasteiger partial charge in [-0.2, -0.15) is 5.10 Å². The van der Waals surface area contributed by atoms with Crippen LogP contribution in [-0.4, -0.2) is 74.5 Å². The molecule has 33 heavy (non-hydrogen) atoms. The van der Waals surface area contributed by atoms with Crippen LogP contribution in [0.15, 0.2) is 40.7 Å². The number of hydrogen-bond donors (Lipinski definition) is 3. The summed E-state index contributed by atoms with van der Waals surface area (Å²) in [6.45, 7) is 5.31. The normalized spacial score (nSPS) is 16.3. The maximum absolute atomic E-state index is 12.4. The molecule has 1 aromatic heterocycles. The Morgan fingerprint density at radius 1 is 1.30 bits per heavy atom. The van der Waals surface area contributed by atoms with Gasteiger partial charge in [0, 0.05) is 62.6 Å². The minimum atomic E-state index is -0.187. The number of nitrogens with zero attached hydrogens (tertiary/aromatic N) is 5. The molecular weight excluding hydrogens is 426 g/mol. The first kappa shape index (κ1) is 24.1. The SMILES string of the molecule is C=Nn1ccnc(N2CCCC(C(=O)NCCO)C2)c1=NCNc1cc(OC)cc(OC)c1. The number of aliphatic hydroxyl groups excluding tert-OH is 1. The van der Waals surface area contributed by atoms with Gasteiger partial charge in [-0.25, -0.2) is 14.7 Å². The molecule has 0 aliphatic carbocycles. The van der Waals surface area contributed by atoms with Gasteiger partial charge in [0.15, 0.2) is 11.3 Å². The smallest absolute Gasteiger partial charge is 0.224 e. The summed E-state index contributed by atoms with van der Waals surface area (Å²) in [6, 6.07) is 5.49. The molecule has 3 rings (SSSR count). The maximum Gasteiger partial charge on any atom is 0.224 e. The van der Waals surface area contributed by atoms with Gasteiger partial charge >= 0.3 is 0 Å². The molecule has 1 aliphatic heterocycles. The molecule has 1 amide bonds. The van der Waals surface area contributed by atoms with Crippen LogP contribution in [-0.2, 0) is 4.79 Å². The second kappa shape index (κ2) is 11.9. The number of aliphatic hydroxyl groups is 1. The van der Waals surface area contributed by atoms with E-state index in [1.807, 2.05) is 17.0 Å². The van der Waals surface area contributed by atoms with Crippen molar-refractivity contribution < 1.29 is 19.4 Å². The number of hydrogen-bond acceptors (Lipinski definition) is 9. The van der Waals surface area contributed by atoms with Gasteiger partial charge in [0.1, 0.15) is 18.2 Å². The van der Waals surface area contributed by atoms with Crippen molar-refractivity contribution in [1.82, 2.24) is 15.0 Å². The van der Waals surface area contributed by atoms with Crippen LogP contribution >= 0.6 is 0 Å². The fraction of sp³-hybridized carbons (Fsp3) is 0.455. The molecule has 1 aliphatic rings. The average molecular weight is 458 g/mol. The molecule has 11 nitrogen and oxygen atoms in total. The van der Waals surface area contributed by atoms with Crippen LogP contribution in [0.25, 0.3) is 0 Å². The summed E-state index contributed by atoms with van der Waals surface area (Å²) in [4.78, 5) is 23.7. The summed E-state index contributed by atoms with van der Waals surface area (Å²) >= 11 is 0. The molecule has 1 saturated heterocycles. The lowest BCUT2D eigenvalue weighted by Crippen LogP contribution is -2.46. The van der Waals surface area contributed by atoms with E-state index in [-0.39, 0.29) is 31.6 Å². The van der Waals surface area contributed by atoms with Crippen LogP contribution in [0.2, 0.25) is 0 Å². The van der Waals surface area contributed by atoms with Crippen LogP contribution < -0.4 is 30.5 Å². The van der Waals surface area contributed by atoms with E-state index in [0.29, 0.717) is 29.3 Å². The summed E-state index contributed by atoms with van der Waals surface area (Å²) in [7, 11) is 3.19. The van der Waals surface area contributed by atoms with Crippen LogP contribution in [0.4, 0.5) is 11.5 Å². The van der Waals surface area contributed by atoms with Crippen molar-refractivity contribution in [1.29, 1.82) is 0 Å². The molecule has 3 N–H and O–H groups in total. The number of ether oxygens (including phenoxy) is 2. The first-order valence-corrected chi connectivity index (χ1v) is 10.7. The zero-order chi connectivity index (χ0) is 23.6. The van der Waals surface area contributed by atoms with Crippen molar-refractivity contribution in [3.05, 3.63) is 36.1 Å². The van der Waals surface area contributed by atoms with E-state index in [2.05, 4.69) is 32.4 Å². The molecule has 2 heterocycles. The topological polar surface area (TPSA) is 126 Å². The van der Waals surface area contributed by atoms with E-state index in [1.54, 1.807) is 37.4 Å². The third-order valence-electron chi connectivity index (χ3n) is 5.34. The van der Waals surface area contributed by atoms with Gasteiger partial charge in [-0.05, 0) is 12.8 Å². The van der Waals surface area contributed by atoms with E-state index in [0.717, 1.165) is 25.1 Å². The molecule has 2 aromatic rings. The zero-order valence-electron chi connectivity index (χ0n) is 19.0. The number of carbonyl (C=O) groups is 1. The van der Waals surface area contributed by atoms with Crippen LogP contribution in [0.5, 0.6) is 11.5 Å². The highest BCUT2D eigenvalue weighted by atomic mass is 16.5. The molecular formula is C22H31N7O4. The number of piperidine rings is 1. The number of amides is 1. The van der Waals surface area contributed by atoms with Crippen LogP contribution in [0, 0.1) is 5.92 Å². The van der Waals surface area contributed by atoms with Crippen molar-refractivity contribution in [2.45, 2.75) is 12.8 Å². The van der Waals surface area contributed by atoms with Crippen LogP contribution in [0.3, 0.4) is 0 Å². The van der Waals surface area contributed by atoms with Crippen molar-refractivity contribution in [3.63, 3.8) is 0 Å². The number of benzene rings is 1. The van der Waals surface area contributed by atoms with Crippen molar-refractivity contribution in [2.75, 3.05) is 57.3 Å². The number of aromatic nitrogens is 2. The number of nitrogens with one attached hydrogen (secondary N) is 2. The minimum Gasteiger partial charge on any atom is -0.497 e. The highest BCUT2D eigenvalue weighted by Gasteiger charge is 2.27. The van der Waals surface area contributed by atoms with Crippen LogP contribution in [0.1, 0.15) is 12.8 Å². The molecule has 0 saturated carbocycles. The Morgan fingerprint density at radius 3 is 2.73 bits per heavy atom. The van der Waals surface area contributed by atoms with Crippen molar-refractivity contribution in [3.8, 4) is 11.5 Å². The number of anilines is 2. The van der Waals surface area contributed by atoms with Gasteiger partial charge in [0.25, 0.3) is 0 Å². The third kappa shape index (κ3) is 6.22. The maximum atomic E-state index is 12.4. The fourth-order valence-electron chi connectivity index (χ4n) is 3.70. The summed E-state index contributed by atoms with van der Waals surface area (Å²) in [5.41, 5.74) is 1.32. The molecule has 11 heteroatoms. The van der Waals surface area contributed by atoms with Gasteiger partial charge in [-0.3, -0.25) is 4.79 Å². The van der Waals surface area contributed by atoms with E-state index >= 15 is 0 Å². The molecule has 178 valence electrons. The Bertz CT molecular complexity index is 1000. The Labute approximate surface area is 192 Å². The van der Waals surface area contributed by atoms with Gasteiger partial charge in [0.05, 0.1) is 26.7 Å².